The van der Waals surface area contributed by atoms with Crippen molar-refractivity contribution >= 4 is 65.3 Å². The standard InChI is InChI=1S/C23H25ClN4O.2ClH/c1-29-17-11-12-20-18(14-17)23(27-21-5-3-2-4-19(21)25)28-22(26-20)13-8-15-6-9-16(24)10-7-15;;/h6-14,19,21H,2-5,25H2,1H3,(H,26,27,28);2*1H. The molecule has 5 nitrogen and oxygen atoms in total. The van der Waals surface area contributed by atoms with E-state index in [-0.39, 0.29) is 36.9 Å². The lowest BCUT2D eigenvalue weighted by atomic mass is 9.91. The largest absolute Gasteiger partial charge is 0.497 e. The molecule has 2 atom stereocenters. The molecule has 0 amide bonds. The maximum absolute atomic E-state index is 6.36. The fourth-order valence-corrected chi connectivity index (χ4v) is 3.82. The molecule has 2 aromatic carbocycles. The summed E-state index contributed by atoms with van der Waals surface area (Å²) in [5.74, 6) is 2.22. The van der Waals surface area contributed by atoms with Crippen molar-refractivity contribution in [3.63, 3.8) is 0 Å². The van der Waals surface area contributed by atoms with Crippen molar-refractivity contribution in [2.75, 3.05) is 12.4 Å². The first-order chi connectivity index (χ1) is 14.1. The molecule has 2 unspecified atom stereocenters. The van der Waals surface area contributed by atoms with E-state index in [2.05, 4.69) is 5.32 Å². The van der Waals surface area contributed by atoms with Gasteiger partial charge in [-0.3, -0.25) is 0 Å². The minimum Gasteiger partial charge on any atom is -0.497 e. The number of rotatable bonds is 5. The minimum absolute atomic E-state index is 0. The monoisotopic (exact) mass is 480 g/mol. The summed E-state index contributed by atoms with van der Waals surface area (Å²) < 4.78 is 5.40. The molecule has 1 saturated carbocycles. The number of aromatic nitrogens is 2. The Hall–Kier alpha value is -2.05. The summed E-state index contributed by atoms with van der Waals surface area (Å²) in [4.78, 5) is 9.50. The van der Waals surface area contributed by atoms with Crippen molar-refractivity contribution in [2.24, 2.45) is 5.73 Å². The van der Waals surface area contributed by atoms with Gasteiger partial charge in [-0.05, 0) is 54.8 Å². The molecule has 4 rings (SSSR count). The lowest BCUT2D eigenvalue weighted by Crippen LogP contribution is -2.42. The topological polar surface area (TPSA) is 73.1 Å². The molecule has 31 heavy (non-hydrogen) atoms. The maximum atomic E-state index is 6.36. The van der Waals surface area contributed by atoms with Crippen molar-refractivity contribution in [3.05, 3.63) is 58.9 Å². The Bertz CT molecular complexity index is 1030. The molecule has 1 aromatic heterocycles. The van der Waals surface area contributed by atoms with E-state index in [4.69, 9.17) is 32.0 Å². The molecule has 0 spiro atoms. The molecule has 3 N–H and O–H groups in total. The zero-order valence-corrected chi connectivity index (χ0v) is 19.6. The van der Waals surface area contributed by atoms with Crippen molar-refractivity contribution in [3.8, 4) is 5.75 Å². The molecular weight excluding hydrogens is 455 g/mol. The van der Waals surface area contributed by atoms with Crippen molar-refractivity contribution in [2.45, 2.75) is 37.8 Å². The summed E-state index contributed by atoms with van der Waals surface area (Å²) in [6, 6.07) is 13.8. The first-order valence-corrected chi connectivity index (χ1v) is 10.3. The van der Waals surface area contributed by atoms with E-state index in [1.54, 1.807) is 7.11 Å². The van der Waals surface area contributed by atoms with Gasteiger partial charge in [0.05, 0.1) is 12.6 Å². The summed E-state index contributed by atoms with van der Waals surface area (Å²) in [5.41, 5.74) is 8.26. The lowest BCUT2D eigenvalue weighted by Gasteiger charge is -2.30. The number of benzene rings is 2. The van der Waals surface area contributed by atoms with Crippen LogP contribution in [0.3, 0.4) is 0 Å². The normalized spacial score (nSPS) is 18.3. The number of hydrogen-bond acceptors (Lipinski definition) is 5. The van der Waals surface area contributed by atoms with Gasteiger partial charge >= 0.3 is 0 Å². The molecular formula is C23H27Cl3N4O. The summed E-state index contributed by atoms with van der Waals surface area (Å²) in [7, 11) is 1.66. The first kappa shape index (κ1) is 25.2. The number of fused-ring (bicyclic) bond motifs is 1. The van der Waals surface area contributed by atoms with Gasteiger partial charge in [-0.2, -0.15) is 0 Å². The summed E-state index contributed by atoms with van der Waals surface area (Å²) in [6.07, 6.45) is 8.35. The molecule has 166 valence electrons. The quantitative estimate of drug-likeness (QED) is 0.468. The minimum atomic E-state index is 0. The van der Waals surface area contributed by atoms with E-state index in [9.17, 15) is 0 Å². The van der Waals surface area contributed by atoms with Gasteiger partial charge in [0.1, 0.15) is 11.6 Å². The van der Waals surface area contributed by atoms with E-state index in [0.29, 0.717) is 10.8 Å². The number of halogens is 3. The second-order valence-electron chi connectivity index (χ2n) is 7.40. The highest BCUT2D eigenvalue weighted by atomic mass is 35.5. The Balaban J connectivity index is 0.00000171. The van der Waals surface area contributed by atoms with E-state index >= 15 is 0 Å². The molecule has 0 saturated heterocycles. The molecule has 1 aliphatic rings. The average molecular weight is 482 g/mol. The van der Waals surface area contributed by atoms with Crippen LogP contribution in [0.4, 0.5) is 5.82 Å². The van der Waals surface area contributed by atoms with Crippen LogP contribution < -0.4 is 15.8 Å². The number of nitrogens with two attached hydrogens (primary N) is 1. The summed E-state index contributed by atoms with van der Waals surface area (Å²) >= 11 is 5.97. The van der Waals surface area contributed by atoms with Crippen LogP contribution in [-0.4, -0.2) is 29.2 Å². The van der Waals surface area contributed by atoms with Gasteiger partial charge in [0.2, 0.25) is 0 Å². The molecule has 3 aromatic rings. The molecule has 0 radical (unpaired) electrons. The molecule has 0 aliphatic heterocycles. The predicted molar refractivity (Wildman–Crippen MR) is 135 cm³/mol. The Kier molecular flexibility index (Phi) is 9.38. The number of methoxy groups -OCH3 is 1. The van der Waals surface area contributed by atoms with E-state index in [0.717, 1.165) is 40.9 Å². The average Bonchev–Trinajstić information content (AvgIpc) is 2.74. The summed E-state index contributed by atoms with van der Waals surface area (Å²) in [5, 5.41) is 5.24. The van der Waals surface area contributed by atoms with Crippen molar-refractivity contribution < 1.29 is 4.74 Å². The van der Waals surface area contributed by atoms with Gasteiger partial charge in [-0.15, -0.1) is 24.8 Å². The number of hydrogen-bond donors (Lipinski definition) is 2. The number of nitrogens with zero attached hydrogens (tertiary/aromatic N) is 2. The van der Waals surface area contributed by atoms with Crippen LogP contribution in [0, 0.1) is 0 Å². The lowest BCUT2D eigenvalue weighted by molar-refractivity contribution is 0.403. The zero-order chi connectivity index (χ0) is 20.2. The van der Waals surface area contributed by atoms with Gasteiger partial charge in [0.25, 0.3) is 0 Å². The van der Waals surface area contributed by atoms with E-state index < -0.39 is 0 Å². The van der Waals surface area contributed by atoms with Crippen LogP contribution in [0.2, 0.25) is 5.02 Å². The maximum Gasteiger partial charge on any atom is 0.154 e. The van der Waals surface area contributed by atoms with Gasteiger partial charge < -0.3 is 15.8 Å². The van der Waals surface area contributed by atoms with Gasteiger partial charge in [0.15, 0.2) is 5.82 Å². The number of anilines is 1. The predicted octanol–water partition coefficient (Wildman–Crippen LogP) is 5.99. The van der Waals surface area contributed by atoms with Crippen LogP contribution in [0.1, 0.15) is 37.1 Å². The highest BCUT2D eigenvalue weighted by molar-refractivity contribution is 6.30. The van der Waals surface area contributed by atoms with Gasteiger partial charge in [0, 0.05) is 22.5 Å². The fraction of sp³-hybridized carbons (Fsp3) is 0.304. The zero-order valence-electron chi connectivity index (χ0n) is 17.3. The molecule has 1 fully saturated rings. The third-order valence-corrected chi connectivity index (χ3v) is 5.61. The highest BCUT2D eigenvalue weighted by Crippen LogP contribution is 2.28. The molecule has 8 heteroatoms. The van der Waals surface area contributed by atoms with Gasteiger partial charge in [-0.25, -0.2) is 9.97 Å². The second kappa shape index (κ2) is 11.5. The number of ether oxygens (including phenoxy) is 1. The third kappa shape index (κ3) is 6.23. The second-order valence-corrected chi connectivity index (χ2v) is 7.83. The van der Waals surface area contributed by atoms with Crippen LogP contribution in [0.25, 0.3) is 23.1 Å². The third-order valence-electron chi connectivity index (χ3n) is 5.36. The van der Waals surface area contributed by atoms with E-state index in [1.165, 1.54) is 12.8 Å². The Labute approximate surface area is 200 Å². The SMILES string of the molecule is COc1ccc2nc(C=Cc3ccc(Cl)cc3)nc(NC3CCCCC3N)c2c1.Cl.Cl. The van der Waals surface area contributed by atoms with Crippen LogP contribution >= 0.6 is 36.4 Å². The van der Waals surface area contributed by atoms with Crippen LogP contribution in [0.5, 0.6) is 5.75 Å². The fourth-order valence-electron chi connectivity index (χ4n) is 3.70. The molecule has 1 aliphatic carbocycles. The highest BCUT2D eigenvalue weighted by Gasteiger charge is 2.23. The van der Waals surface area contributed by atoms with Crippen molar-refractivity contribution in [1.29, 1.82) is 0 Å². The molecule has 1 heterocycles. The Morgan fingerprint density at radius 2 is 1.77 bits per heavy atom. The first-order valence-electron chi connectivity index (χ1n) is 9.94. The molecule has 0 bridgehead atoms. The van der Waals surface area contributed by atoms with Crippen LogP contribution in [0.15, 0.2) is 42.5 Å². The Morgan fingerprint density at radius 3 is 2.48 bits per heavy atom. The van der Waals surface area contributed by atoms with E-state index in [1.807, 2.05) is 54.6 Å². The number of nitrogens with one attached hydrogen (secondary N) is 1. The van der Waals surface area contributed by atoms with Crippen LogP contribution in [-0.2, 0) is 0 Å². The Morgan fingerprint density at radius 1 is 1.03 bits per heavy atom. The smallest absolute Gasteiger partial charge is 0.154 e. The van der Waals surface area contributed by atoms with Crippen molar-refractivity contribution in [1.82, 2.24) is 9.97 Å². The van der Waals surface area contributed by atoms with Gasteiger partial charge in [-0.1, -0.05) is 42.7 Å². The summed E-state index contributed by atoms with van der Waals surface area (Å²) in [6.45, 7) is 0.